The molecule has 0 bridgehead atoms. The van der Waals surface area contributed by atoms with Gasteiger partial charge in [0.1, 0.15) is 12.0 Å². The Morgan fingerprint density at radius 1 is 1.19 bits per heavy atom. The SMILES string of the molecule is O=c1[nH]cnc2cc(CC[C@@H]3CCC(n4ccc5cncnc54)C3)ccc12. The molecule has 1 saturated carbocycles. The van der Waals surface area contributed by atoms with Crippen LogP contribution in [0.5, 0.6) is 0 Å². The molecule has 0 spiro atoms. The van der Waals surface area contributed by atoms with Crippen LogP contribution in [0.3, 0.4) is 0 Å². The molecule has 5 rings (SSSR count). The lowest BCUT2D eigenvalue weighted by atomic mass is 9.97. The third-order valence-electron chi connectivity index (χ3n) is 5.83. The minimum absolute atomic E-state index is 0.0760. The van der Waals surface area contributed by atoms with Gasteiger partial charge in [-0.3, -0.25) is 4.79 Å². The van der Waals surface area contributed by atoms with Crippen molar-refractivity contribution < 1.29 is 0 Å². The van der Waals surface area contributed by atoms with Gasteiger partial charge >= 0.3 is 0 Å². The summed E-state index contributed by atoms with van der Waals surface area (Å²) in [5, 5.41) is 1.77. The number of H-pyrrole nitrogens is 1. The predicted molar refractivity (Wildman–Crippen MR) is 105 cm³/mol. The van der Waals surface area contributed by atoms with E-state index in [0.717, 1.165) is 28.9 Å². The van der Waals surface area contributed by atoms with Crippen molar-refractivity contribution in [1.29, 1.82) is 0 Å². The molecule has 2 atom stereocenters. The molecule has 136 valence electrons. The van der Waals surface area contributed by atoms with Crippen LogP contribution in [0, 0.1) is 5.92 Å². The fourth-order valence-corrected chi connectivity index (χ4v) is 4.40. The second-order valence-electron chi connectivity index (χ2n) is 7.48. The van der Waals surface area contributed by atoms with E-state index in [1.54, 1.807) is 6.33 Å². The van der Waals surface area contributed by atoms with E-state index in [9.17, 15) is 4.79 Å². The molecule has 27 heavy (non-hydrogen) atoms. The maximum absolute atomic E-state index is 11.8. The van der Waals surface area contributed by atoms with Crippen molar-refractivity contribution >= 4 is 21.9 Å². The number of rotatable bonds is 4. The van der Waals surface area contributed by atoms with Crippen molar-refractivity contribution in [2.24, 2.45) is 5.92 Å². The Morgan fingerprint density at radius 2 is 2.15 bits per heavy atom. The van der Waals surface area contributed by atoms with Crippen LogP contribution in [-0.4, -0.2) is 24.5 Å². The Morgan fingerprint density at radius 3 is 3.11 bits per heavy atom. The summed E-state index contributed by atoms with van der Waals surface area (Å²) in [7, 11) is 0. The molecule has 0 amide bonds. The number of fused-ring (bicyclic) bond motifs is 2. The van der Waals surface area contributed by atoms with Gasteiger partial charge in [0.15, 0.2) is 0 Å². The summed E-state index contributed by atoms with van der Waals surface area (Å²) < 4.78 is 2.32. The average Bonchev–Trinajstić information content (AvgIpc) is 3.33. The van der Waals surface area contributed by atoms with Crippen LogP contribution in [0.4, 0.5) is 0 Å². The number of hydrogen-bond acceptors (Lipinski definition) is 4. The number of hydrogen-bond donors (Lipinski definition) is 1. The van der Waals surface area contributed by atoms with Gasteiger partial charge in [-0.2, -0.15) is 0 Å². The first-order chi connectivity index (χ1) is 13.3. The largest absolute Gasteiger partial charge is 0.329 e. The van der Waals surface area contributed by atoms with Crippen LogP contribution in [0.2, 0.25) is 0 Å². The number of benzene rings is 1. The van der Waals surface area contributed by atoms with E-state index in [1.807, 2.05) is 18.3 Å². The van der Waals surface area contributed by atoms with Gasteiger partial charge in [0.2, 0.25) is 0 Å². The monoisotopic (exact) mass is 359 g/mol. The summed E-state index contributed by atoms with van der Waals surface area (Å²) in [6, 6.07) is 8.63. The highest BCUT2D eigenvalue weighted by Gasteiger charge is 2.26. The number of aromatic amines is 1. The standard InChI is InChI=1S/C21H21N5O/c27-21-18-6-4-15(10-19(18)23-13-25-21)2-1-14-3-5-17(9-14)26-8-7-16-11-22-12-24-20(16)26/h4,6-8,10-14,17H,1-3,5,9H2,(H,23,25,27)/t14-,17?/m1/s1. The van der Waals surface area contributed by atoms with Crippen molar-refractivity contribution in [3.63, 3.8) is 0 Å². The van der Waals surface area contributed by atoms with E-state index in [0.29, 0.717) is 11.4 Å². The zero-order valence-corrected chi connectivity index (χ0v) is 15.0. The van der Waals surface area contributed by atoms with E-state index in [1.165, 1.54) is 37.6 Å². The Labute approximate surface area is 156 Å². The number of nitrogens with one attached hydrogen (secondary N) is 1. The van der Waals surface area contributed by atoms with Gasteiger partial charge in [-0.15, -0.1) is 0 Å². The normalized spacial score (nSPS) is 19.9. The van der Waals surface area contributed by atoms with Crippen LogP contribution in [-0.2, 0) is 6.42 Å². The number of nitrogens with zero attached hydrogens (tertiary/aromatic N) is 4. The lowest BCUT2D eigenvalue weighted by Crippen LogP contribution is -2.07. The van der Waals surface area contributed by atoms with Gasteiger partial charge in [-0.25, -0.2) is 15.0 Å². The highest BCUT2D eigenvalue weighted by atomic mass is 16.1. The summed E-state index contributed by atoms with van der Waals surface area (Å²) in [6.45, 7) is 0. The van der Waals surface area contributed by atoms with Gasteiger partial charge in [-0.05, 0) is 61.8 Å². The fraction of sp³-hybridized carbons (Fsp3) is 0.333. The molecule has 1 N–H and O–H groups in total. The number of aromatic nitrogens is 5. The lowest BCUT2D eigenvalue weighted by Gasteiger charge is -2.14. The zero-order valence-electron chi connectivity index (χ0n) is 15.0. The molecule has 1 unspecified atom stereocenters. The minimum Gasteiger partial charge on any atom is -0.329 e. The molecule has 1 aromatic carbocycles. The highest BCUT2D eigenvalue weighted by molar-refractivity contribution is 5.77. The van der Waals surface area contributed by atoms with Gasteiger partial charge in [0.05, 0.1) is 17.2 Å². The average molecular weight is 359 g/mol. The van der Waals surface area contributed by atoms with Gasteiger partial charge in [0, 0.05) is 23.8 Å². The van der Waals surface area contributed by atoms with Gasteiger partial charge < -0.3 is 9.55 Å². The Bertz CT molecular complexity index is 1160. The smallest absolute Gasteiger partial charge is 0.258 e. The van der Waals surface area contributed by atoms with Crippen molar-refractivity contribution in [2.75, 3.05) is 0 Å². The van der Waals surface area contributed by atoms with E-state index >= 15 is 0 Å². The third-order valence-corrected chi connectivity index (χ3v) is 5.83. The first-order valence-corrected chi connectivity index (χ1v) is 9.51. The molecule has 1 fully saturated rings. The molecular weight excluding hydrogens is 338 g/mol. The Kier molecular flexibility index (Phi) is 3.96. The van der Waals surface area contributed by atoms with Crippen LogP contribution in [0.1, 0.15) is 37.3 Å². The highest BCUT2D eigenvalue weighted by Crippen LogP contribution is 2.38. The number of aryl methyl sites for hydroxylation is 1. The summed E-state index contributed by atoms with van der Waals surface area (Å²) in [5.74, 6) is 0.720. The molecule has 0 aliphatic heterocycles. The fourth-order valence-electron chi connectivity index (χ4n) is 4.40. The second-order valence-corrected chi connectivity index (χ2v) is 7.48. The van der Waals surface area contributed by atoms with Crippen molar-refractivity contribution in [2.45, 2.75) is 38.1 Å². The molecule has 4 aromatic rings. The Hall–Kier alpha value is -3.02. The molecule has 1 aliphatic rings. The maximum Gasteiger partial charge on any atom is 0.258 e. The van der Waals surface area contributed by atoms with Crippen molar-refractivity contribution in [3.8, 4) is 0 Å². The Balaban J connectivity index is 1.27. The lowest BCUT2D eigenvalue weighted by molar-refractivity contribution is 0.461. The summed E-state index contributed by atoms with van der Waals surface area (Å²) in [6.07, 6.45) is 13.0. The van der Waals surface area contributed by atoms with Gasteiger partial charge in [-0.1, -0.05) is 6.07 Å². The topological polar surface area (TPSA) is 76.5 Å². The maximum atomic E-state index is 11.8. The summed E-state index contributed by atoms with van der Waals surface area (Å²) >= 11 is 0. The van der Waals surface area contributed by atoms with E-state index in [-0.39, 0.29) is 5.56 Å². The molecule has 0 saturated heterocycles. The van der Waals surface area contributed by atoms with Gasteiger partial charge in [0.25, 0.3) is 5.56 Å². The first-order valence-electron chi connectivity index (χ1n) is 9.51. The van der Waals surface area contributed by atoms with Crippen LogP contribution in [0.25, 0.3) is 21.9 Å². The van der Waals surface area contributed by atoms with Crippen LogP contribution < -0.4 is 5.56 Å². The third kappa shape index (κ3) is 3.01. The van der Waals surface area contributed by atoms with Crippen molar-refractivity contribution in [3.05, 3.63) is 65.2 Å². The first kappa shape index (κ1) is 16.2. The molecule has 3 aromatic heterocycles. The van der Waals surface area contributed by atoms with E-state index in [2.05, 4.69) is 42.8 Å². The molecular formula is C21H21N5O. The summed E-state index contributed by atoms with van der Waals surface area (Å²) in [4.78, 5) is 27.3. The van der Waals surface area contributed by atoms with Crippen LogP contribution in [0.15, 0.2) is 54.1 Å². The molecule has 6 heteroatoms. The van der Waals surface area contributed by atoms with Crippen molar-refractivity contribution in [1.82, 2.24) is 24.5 Å². The summed E-state index contributed by atoms with van der Waals surface area (Å²) in [5.41, 5.74) is 3.00. The molecule has 3 heterocycles. The minimum atomic E-state index is -0.0760. The van der Waals surface area contributed by atoms with E-state index in [4.69, 9.17) is 0 Å². The zero-order chi connectivity index (χ0) is 18.2. The second kappa shape index (κ2) is 6.61. The van der Waals surface area contributed by atoms with E-state index < -0.39 is 0 Å². The molecule has 1 aliphatic carbocycles. The molecule has 6 nitrogen and oxygen atoms in total. The quantitative estimate of drug-likeness (QED) is 0.603. The predicted octanol–water partition coefficient (Wildman–Crippen LogP) is 3.64. The van der Waals surface area contributed by atoms with Crippen LogP contribution >= 0.6 is 0 Å². The molecule has 0 radical (unpaired) electrons.